The Kier molecular flexibility index (Phi) is 29.7. The quantitative estimate of drug-likeness (QED) is 0.0145. The number of primary amides is 1. The Morgan fingerprint density at radius 2 is 1.67 bits per heavy atom. The van der Waals surface area contributed by atoms with Gasteiger partial charge in [-0.25, -0.2) is 19.2 Å². The van der Waals surface area contributed by atoms with E-state index < -0.39 is 114 Å². The van der Waals surface area contributed by atoms with Gasteiger partial charge in [0.25, 0.3) is 0 Å². The number of anilines is 1. The van der Waals surface area contributed by atoms with Crippen molar-refractivity contribution in [1.82, 2.24) is 20.4 Å². The van der Waals surface area contributed by atoms with Crippen LogP contribution in [0.15, 0.2) is 72.4 Å². The zero-order valence-electron chi connectivity index (χ0n) is 55.9. The molecule has 0 aromatic heterocycles. The largest absolute Gasteiger partial charge is 0.495 e. The SMILES string of the molecule is C=C(CBr)C(=O)OCCCCCC(=O)C[C@H](C(=O)N[C@@H](CCCNC(N)=O)C(=O)Cc1ccc(COC(=O)N(C)CCC(=O)N(C)[C@@H](C)C(=O)O[C@H]2CC(=O)N(C)c3cc(cc(OC)c3Cl)C/C(C)=C/C=C/[C@@H](OC)[C@]3(O)CC(=O)O[C@@H](C3)[C@@H](C)[C@@H]3O[C@@]23C)cc1)C(C)C. The molecule has 0 radical (unpaired) electrons. The molecule has 2 fully saturated rings. The van der Waals surface area contributed by atoms with E-state index in [9.17, 15) is 53.1 Å². The number of aliphatic hydroxyl groups is 1. The molecule has 26 heteroatoms. The highest BCUT2D eigenvalue weighted by molar-refractivity contribution is 9.09. The van der Waals surface area contributed by atoms with Crippen LogP contribution >= 0.6 is 27.5 Å². The van der Waals surface area contributed by atoms with Crippen molar-refractivity contribution in [2.24, 2.45) is 23.5 Å². The molecule has 0 saturated carbocycles. The summed E-state index contributed by atoms with van der Waals surface area (Å²) >= 11 is 10.0. The number of hydrogen-bond donors (Lipinski definition) is 4. The van der Waals surface area contributed by atoms with Crippen LogP contribution in [0.4, 0.5) is 15.3 Å². The second-order valence-corrected chi connectivity index (χ2v) is 26.1. The number of halogens is 2. The summed E-state index contributed by atoms with van der Waals surface area (Å²) in [4.78, 5) is 136. The molecular formula is C68H94BrClN6O18. The van der Waals surface area contributed by atoms with Crippen LogP contribution in [0.5, 0.6) is 5.75 Å². The van der Waals surface area contributed by atoms with E-state index >= 15 is 0 Å². The fourth-order valence-corrected chi connectivity index (χ4v) is 11.9. The van der Waals surface area contributed by atoms with Gasteiger partial charge in [-0.05, 0) is 94.0 Å². The van der Waals surface area contributed by atoms with Gasteiger partial charge in [0.1, 0.15) is 58.7 Å². The zero-order chi connectivity index (χ0) is 69.8. The number of likely N-dealkylation sites (N-methyl/N-ethyl adjacent to an activating group) is 1. The van der Waals surface area contributed by atoms with E-state index in [2.05, 4.69) is 33.1 Å². The molecule has 3 aliphatic heterocycles. The van der Waals surface area contributed by atoms with E-state index in [4.69, 9.17) is 50.5 Å². The highest BCUT2D eigenvalue weighted by Gasteiger charge is 2.64. The average Bonchev–Trinajstić information content (AvgIpc) is 1.57. The normalized spacial score (nSPS) is 23.1. The van der Waals surface area contributed by atoms with Gasteiger partial charge in [-0.2, -0.15) is 0 Å². The van der Waals surface area contributed by atoms with Crippen LogP contribution < -0.4 is 26.0 Å². The number of carbonyl (C=O) groups is 10. The van der Waals surface area contributed by atoms with E-state index in [1.165, 1.54) is 57.0 Å². The minimum Gasteiger partial charge on any atom is -0.495 e. The number of carbonyl (C=O) groups excluding carboxylic acids is 10. The number of methoxy groups -OCH3 is 2. The number of urea groups is 1. The maximum atomic E-state index is 14.5. The lowest BCUT2D eigenvalue weighted by molar-refractivity contribution is -0.187. The zero-order valence-corrected chi connectivity index (χ0v) is 58.2. The van der Waals surface area contributed by atoms with Gasteiger partial charge in [-0.3, -0.25) is 28.8 Å². The van der Waals surface area contributed by atoms with Gasteiger partial charge in [0.05, 0.1) is 44.4 Å². The number of nitrogens with two attached hydrogens (primary N) is 1. The Labute approximate surface area is 564 Å². The molecule has 5 rings (SSSR count). The number of allylic oxidation sites excluding steroid dienone is 3. The van der Waals surface area contributed by atoms with Crippen molar-refractivity contribution in [3.8, 4) is 5.75 Å². The number of alkyl halides is 1. The molecule has 0 unspecified atom stereocenters. The third-order valence-corrected chi connectivity index (χ3v) is 18.6. The van der Waals surface area contributed by atoms with Gasteiger partial charge in [0.2, 0.25) is 17.7 Å². The number of benzene rings is 2. The highest BCUT2D eigenvalue weighted by atomic mass is 79.9. The number of epoxide rings is 1. The van der Waals surface area contributed by atoms with Crippen molar-refractivity contribution in [3.63, 3.8) is 0 Å². The van der Waals surface area contributed by atoms with Crippen molar-refractivity contribution in [1.29, 1.82) is 0 Å². The lowest BCUT2D eigenvalue weighted by Crippen LogP contribution is -2.53. The number of amides is 6. The predicted molar refractivity (Wildman–Crippen MR) is 354 cm³/mol. The van der Waals surface area contributed by atoms with Crippen LogP contribution in [0.25, 0.3) is 0 Å². The first-order valence-electron chi connectivity index (χ1n) is 31.7. The molecule has 4 bridgehead atoms. The Morgan fingerprint density at radius 1 is 0.979 bits per heavy atom. The first kappa shape index (κ1) is 77.5. The molecule has 518 valence electrons. The summed E-state index contributed by atoms with van der Waals surface area (Å²) < 4.78 is 40.4. The van der Waals surface area contributed by atoms with E-state index in [1.54, 1.807) is 62.4 Å². The summed E-state index contributed by atoms with van der Waals surface area (Å²) in [5.41, 5.74) is 5.74. The molecule has 2 aromatic carbocycles. The van der Waals surface area contributed by atoms with Crippen LogP contribution in [0.3, 0.4) is 0 Å². The van der Waals surface area contributed by atoms with Crippen molar-refractivity contribution in [2.45, 2.75) is 179 Å². The van der Waals surface area contributed by atoms with Gasteiger partial charge >= 0.3 is 30.0 Å². The number of rotatable bonds is 30. The maximum absolute atomic E-state index is 14.5. The fraction of sp³-hybridized carbons (Fsp3) is 0.588. The van der Waals surface area contributed by atoms with Crippen LogP contribution in [0.1, 0.15) is 129 Å². The number of fused-ring (bicyclic) bond motifs is 5. The summed E-state index contributed by atoms with van der Waals surface area (Å²) in [5.74, 6) is -5.09. The minimum absolute atomic E-state index is 0.0141. The number of nitrogens with one attached hydrogen (secondary N) is 2. The summed E-state index contributed by atoms with van der Waals surface area (Å²) in [6.07, 6.45) is 2.57. The minimum atomic E-state index is -1.66. The second-order valence-electron chi connectivity index (χ2n) is 25.2. The van der Waals surface area contributed by atoms with Gasteiger partial charge in [-0.1, -0.05) is 103 Å². The average molecular weight is 1400 g/mol. The third-order valence-electron chi connectivity index (χ3n) is 17.6. The number of ether oxygens (including phenoxy) is 7. The monoisotopic (exact) mass is 1400 g/mol. The number of nitrogens with zero attached hydrogens (tertiary/aromatic N) is 3. The first-order valence-corrected chi connectivity index (χ1v) is 33.2. The van der Waals surface area contributed by atoms with Crippen LogP contribution in [0.2, 0.25) is 5.02 Å². The van der Waals surface area contributed by atoms with Crippen molar-refractivity contribution >= 4 is 92.5 Å². The number of esters is 3. The number of ketones is 2. The Balaban J connectivity index is 1.18. The Morgan fingerprint density at radius 3 is 2.32 bits per heavy atom. The molecular weight excluding hydrogens is 1300 g/mol. The van der Waals surface area contributed by atoms with Gasteiger partial charge in [0.15, 0.2) is 5.78 Å². The Hall–Kier alpha value is -7.19. The van der Waals surface area contributed by atoms with E-state index in [0.717, 1.165) is 11.1 Å². The van der Waals surface area contributed by atoms with Gasteiger partial charge in [-0.15, -0.1) is 0 Å². The molecule has 0 aliphatic carbocycles. The van der Waals surface area contributed by atoms with E-state index in [0.29, 0.717) is 65.6 Å². The second kappa shape index (κ2) is 36.1. The summed E-state index contributed by atoms with van der Waals surface area (Å²) in [6, 6.07) is 7.38. The van der Waals surface area contributed by atoms with Crippen molar-refractivity contribution in [2.75, 3.05) is 65.3 Å². The smallest absolute Gasteiger partial charge is 0.409 e. The molecule has 10 atom stereocenters. The molecule has 2 aromatic rings. The first-order chi connectivity index (χ1) is 44.4. The number of unbranched alkanes of at least 4 members (excludes halogenated alkanes) is 2. The molecule has 94 heavy (non-hydrogen) atoms. The topological polar surface area (TPSA) is 319 Å². The van der Waals surface area contributed by atoms with Gasteiger partial charge < -0.3 is 69.3 Å². The molecule has 5 N–H and O–H groups in total. The Bertz CT molecular complexity index is 3120. The summed E-state index contributed by atoms with van der Waals surface area (Å²) in [5, 5.41) is 17.9. The van der Waals surface area contributed by atoms with Crippen LogP contribution in [0, 0.1) is 17.8 Å². The number of hydrogen-bond acceptors (Lipinski definition) is 18. The standard InChI is InChI=1S/C68H94BrClN6O18/c1-40(2)49(34-48(77)19-14-13-15-29-90-63(83)42(4)38-69)62(82)73-50(20-17-27-72-65(71)85)52(78)32-45-22-24-46(25-23-45)39-91-66(86)74(8)28-26-57(79)75(9)44(6)64(84)93-56-35-58(80)76(10)51-31-47(33-53(88-11)60(51)70)30-41(3)18-16-21-55(89-12)68(87)36-54(92-59(81)37-68)43(5)61-67(56,7)94-61/h16,18,21-25,31,33,40,43-44,49-50,54-56,61,87H,4,13-15,17,19-20,26-30,32,34-39H2,1-3,5-12H3,(H,73,82)(H3,71,72,85)/b21-16+,41-18+/t43-,44+,49+,50+,54+,55-,56+,61+,67+,68-/m1/s1. The highest BCUT2D eigenvalue weighted by Crippen LogP contribution is 2.50. The molecule has 3 aliphatic rings. The lowest BCUT2D eigenvalue weighted by atomic mass is 9.78. The molecule has 24 nitrogen and oxygen atoms in total. The van der Waals surface area contributed by atoms with Crippen molar-refractivity contribution in [3.05, 3.63) is 94.1 Å². The third kappa shape index (κ3) is 22.2. The van der Waals surface area contributed by atoms with Crippen LogP contribution in [-0.4, -0.2) is 182 Å². The molecule has 6 amide bonds. The van der Waals surface area contributed by atoms with Crippen molar-refractivity contribution < 1.29 is 86.2 Å². The summed E-state index contributed by atoms with van der Waals surface area (Å²) in [6.45, 7) is 14.2. The van der Waals surface area contributed by atoms with Crippen LogP contribution in [-0.2, 0) is 86.2 Å². The lowest BCUT2D eigenvalue weighted by Gasteiger charge is -2.41. The predicted octanol–water partition coefficient (Wildman–Crippen LogP) is 7.75. The maximum Gasteiger partial charge on any atom is 0.409 e. The van der Waals surface area contributed by atoms with Gasteiger partial charge in [0, 0.05) is 96.2 Å². The number of Topliss-reactive ketones (excluding diaryl/α,β-unsaturated/α-hetero) is 2. The molecule has 3 heterocycles. The van der Waals surface area contributed by atoms with E-state index in [-0.39, 0.29) is 93.8 Å². The fourth-order valence-electron chi connectivity index (χ4n) is 11.3. The summed E-state index contributed by atoms with van der Waals surface area (Å²) in [7, 11) is 7.29. The van der Waals surface area contributed by atoms with E-state index in [1.807, 2.05) is 26.8 Å². The molecule has 0 spiro atoms. The molecule has 2 saturated heterocycles.